The Morgan fingerprint density at radius 1 is 0.967 bits per heavy atom. The molecule has 0 fully saturated rings. The fourth-order valence-corrected chi connectivity index (χ4v) is 10.1. The minimum absolute atomic E-state index is 0.0227. The summed E-state index contributed by atoms with van der Waals surface area (Å²) in [6, 6.07) is 10.3. The lowest BCUT2D eigenvalue weighted by Crippen LogP contribution is -2.51. The summed E-state index contributed by atoms with van der Waals surface area (Å²) in [6.07, 6.45) is 8.57. The van der Waals surface area contributed by atoms with Crippen molar-refractivity contribution in [2.45, 2.75) is 84.5 Å². The third-order valence-corrected chi connectivity index (χ3v) is 12.1. The molecule has 0 N–H and O–H groups in total. The number of hydrogen-bond acceptors (Lipinski definition) is 3. The maximum absolute atomic E-state index is 11.8. The topological polar surface area (TPSA) is 35.5 Å². The molecule has 0 aromatic heterocycles. The van der Waals surface area contributed by atoms with Crippen molar-refractivity contribution in [2.75, 3.05) is 6.61 Å². The molecule has 30 heavy (non-hydrogen) atoms. The van der Waals surface area contributed by atoms with Crippen molar-refractivity contribution in [3.05, 3.63) is 54.1 Å². The Kier molecular flexibility index (Phi) is 11.4. The summed E-state index contributed by atoms with van der Waals surface area (Å²) >= 11 is 0. The standard InChI is InChI=1S/C26H42O3Si/c1-9-28-26(27)17-13-16-25(23(8)18-19-24-14-11-10-12-15-24)29-30(20(2)3,21(4)5)22(6)7/h10-15,17-23,25H,9,16H2,1-8H3/b17-13+,19-18+/t23-,25+/m1/s1. The molecule has 1 rings (SSSR count). The van der Waals surface area contributed by atoms with Crippen LogP contribution >= 0.6 is 0 Å². The van der Waals surface area contributed by atoms with Crippen LogP contribution in [0.3, 0.4) is 0 Å². The Hall–Kier alpha value is -1.65. The van der Waals surface area contributed by atoms with Crippen LogP contribution in [0.5, 0.6) is 0 Å². The first-order chi connectivity index (χ1) is 14.1. The number of benzene rings is 1. The second-order valence-electron chi connectivity index (χ2n) is 8.99. The summed E-state index contributed by atoms with van der Waals surface area (Å²) in [5.74, 6) is -0.0657. The van der Waals surface area contributed by atoms with Crippen LogP contribution in [0.4, 0.5) is 0 Å². The molecule has 0 aliphatic carbocycles. The van der Waals surface area contributed by atoms with Crippen molar-refractivity contribution in [3.63, 3.8) is 0 Å². The highest BCUT2D eigenvalue weighted by molar-refractivity contribution is 6.77. The average molecular weight is 431 g/mol. The van der Waals surface area contributed by atoms with Crippen molar-refractivity contribution in [1.29, 1.82) is 0 Å². The number of rotatable bonds is 12. The zero-order valence-electron chi connectivity index (χ0n) is 20.2. The van der Waals surface area contributed by atoms with E-state index in [9.17, 15) is 4.79 Å². The Morgan fingerprint density at radius 3 is 2.03 bits per heavy atom. The Morgan fingerprint density at radius 2 is 1.53 bits per heavy atom. The molecule has 1 aromatic carbocycles. The lowest BCUT2D eigenvalue weighted by atomic mass is 10.00. The van der Waals surface area contributed by atoms with Crippen LogP contribution in [0.15, 0.2) is 48.6 Å². The minimum atomic E-state index is -2.04. The van der Waals surface area contributed by atoms with E-state index in [0.717, 1.165) is 0 Å². The summed E-state index contributed by atoms with van der Waals surface area (Å²) < 4.78 is 12.1. The molecule has 0 saturated heterocycles. The van der Waals surface area contributed by atoms with E-state index in [-0.39, 0.29) is 18.0 Å². The predicted octanol–water partition coefficient (Wildman–Crippen LogP) is 7.41. The zero-order valence-corrected chi connectivity index (χ0v) is 21.2. The lowest BCUT2D eigenvalue weighted by molar-refractivity contribution is -0.137. The van der Waals surface area contributed by atoms with E-state index in [0.29, 0.717) is 29.7 Å². The van der Waals surface area contributed by atoms with Gasteiger partial charge in [-0.2, -0.15) is 0 Å². The molecule has 0 aliphatic rings. The fourth-order valence-electron chi connectivity index (χ4n) is 4.48. The van der Waals surface area contributed by atoms with E-state index in [4.69, 9.17) is 9.16 Å². The maximum Gasteiger partial charge on any atom is 0.330 e. The highest BCUT2D eigenvalue weighted by Gasteiger charge is 2.46. The van der Waals surface area contributed by atoms with Gasteiger partial charge in [-0.05, 0) is 41.4 Å². The van der Waals surface area contributed by atoms with Gasteiger partial charge in [0.25, 0.3) is 0 Å². The molecule has 0 heterocycles. The van der Waals surface area contributed by atoms with Crippen LogP contribution in [-0.4, -0.2) is 27.0 Å². The van der Waals surface area contributed by atoms with Crippen molar-refractivity contribution in [3.8, 4) is 0 Å². The third-order valence-electron chi connectivity index (χ3n) is 5.95. The number of hydrogen-bond donors (Lipinski definition) is 0. The van der Waals surface area contributed by atoms with Gasteiger partial charge in [0.15, 0.2) is 0 Å². The van der Waals surface area contributed by atoms with Crippen molar-refractivity contribution >= 4 is 20.4 Å². The monoisotopic (exact) mass is 430 g/mol. The second-order valence-corrected chi connectivity index (χ2v) is 14.4. The quantitative estimate of drug-likeness (QED) is 0.197. The summed E-state index contributed by atoms with van der Waals surface area (Å²) in [4.78, 5) is 11.8. The molecule has 0 bridgehead atoms. The fraction of sp³-hybridized carbons (Fsp3) is 0.577. The van der Waals surface area contributed by atoms with Crippen LogP contribution in [0.1, 0.15) is 67.4 Å². The predicted molar refractivity (Wildman–Crippen MR) is 131 cm³/mol. The van der Waals surface area contributed by atoms with Crippen LogP contribution < -0.4 is 0 Å². The Bertz CT molecular complexity index is 655. The summed E-state index contributed by atoms with van der Waals surface area (Å²) in [5, 5.41) is 0. The summed E-state index contributed by atoms with van der Waals surface area (Å²) in [5.41, 5.74) is 2.73. The number of ether oxygens (including phenoxy) is 1. The molecule has 0 unspecified atom stereocenters. The summed E-state index contributed by atoms with van der Waals surface area (Å²) in [6.45, 7) is 18.3. The van der Waals surface area contributed by atoms with Crippen LogP contribution in [0.25, 0.3) is 6.08 Å². The van der Waals surface area contributed by atoms with Gasteiger partial charge in [0.1, 0.15) is 0 Å². The summed E-state index contributed by atoms with van der Waals surface area (Å²) in [7, 11) is -2.04. The van der Waals surface area contributed by atoms with Gasteiger partial charge in [0.2, 0.25) is 8.32 Å². The number of esters is 1. The molecular formula is C26H42O3Si. The van der Waals surface area contributed by atoms with E-state index in [1.54, 1.807) is 0 Å². The maximum atomic E-state index is 11.8. The molecule has 168 valence electrons. The van der Waals surface area contributed by atoms with Gasteiger partial charge in [-0.1, -0.05) is 97.0 Å². The Labute approximate surface area is 185 Å². The average Bonchev–Trinajstić information content (AvgIpc) is 2.68. The van der Waals surface area contributed by atoms with Gasteiger partial charge in [-0.15, -0.1) is 0 Å². The zero-order chi connectivity index (χ0) is 22.7. The SMILES string of the molecule is CCOC(=O)/C=C/C[C@H](O[Si](C(C)C)(C(C)C)C(C)C)[C@H](C)/C=C/c1ccccc1. The van der Waals surface area contributed by atoms with Crippen molar-refractivity contribution < 1.29 is 14.0 Å². The van der Waals surface area contributed by atoms with E-state index >= 15 is 0 Å². The first-order valence-corrected chi connectivity index (χ1v) is 13.5. The van der Waals surface area contributed by atoms with Gasteiger partial charge in [0.05, 0.1) is 12.7 Å². The van der Waals surface area contributed by atoms with E-state index in [1.165, 1.54) is 11.6 Å². The smallest absolute Gasteiger partial charge is 0.330 e. The van der Waals surface area contributed by atoms with E-state index in [1.807, 2.05) is 19.1 Å². The molecule has 0 spiro atoms. The van der Waals surface area contributed by atoms with E-state index in [2.05, 4.69) is 84.9 Å². The molecule has 0 radical (unpaired) electrons. The van der Waals surface area contributed by atoms with Crippen LogP contribution in [-0.2, 0) is 14.0 Å². The minimum Gasteiger partial charge on any atom is -0.463 e. The van der Waals surface area contributed by atoms with Gasteiger partial charge >= 0.3 is 5.97 Å². The molecule has 0 amide bonds. The van der Waals surface area contributed by atoms with Crippen LogP contribution in [0, 0.1) is 5.92 Å². The first-order valence-electron chi connectivity index (χ1n) is 11.4. The lowest BCUT2D eigenvalue weighted by Gasteiger charge is -2.45. The molecule has 2 atom stereocenters. The number of carbonyl (C=O) groups excluding carboxylic acids is 1. The van der Waals surface area contributed by atoms with Gasteiger partial charge in [-0.25, -0.2) is 4.79 Å². The first kappa shape index (κ1) is 26.4. The normalized spacial score (nSPS) is 14.9. The highest BCUT2D eigenvalue weighted by atomic mass is 28.4. The molecule has 3 nitrogen and oxygen atoms in total. The second kappa shape index (κ2) is 12.9. The largest absolute Gasteiger partial charge is 0.463 e. The highest BCUT2D eigenvalue weighted by Crippen LogP contribution is 2.44. The van der Waals surface area contributed by atoms with Gasteiger partial charge in [-0.3, -0.25) is 0 Å². The third kappa shape index (κ3) is 7.55. The Balaban J connectivity index is 3.14. The van der Waals surface area contributed by atoms with Crippen LogP contribution in [0.2, 0.25) is 16.6 Å². The molecular weight excluding hydrogens is 388 g/mol. The number of carbonyl (C=O) groups is 1. The van der Waals surface area contributed by atoms with Gasteiger partial charge < -0.3 is 9.16 Å². The molecule has 0 aliphatic heterocycles. The van der Waals surface area contributed by atoms with Crippen molar-refractivity contribution in [2.24, 2.45) is 5.92 Å². The van der Waals surface area contributed by atoms with E-state index < -0.39 is 8.32 Å². The van der Waals surface area contributed by atoms with Gasteiger partial charge in [0, 0.05) is 6.08 Å². The molecule has 0 saturated carbocycles. The van der Waals surface area contributed by atoms with Crippen molar-refractivity contribution in [1.82, 2.24) is 0 Å². The molecule has 1 aromatic rings. The molecule has 4 heteroatoms.